The van der Waals surface area contributed by atoms with E-state index < -0.39 is 0 Å². The lowest BCUT2D eigenvalue weighted by molar-refractivity contribution is 0.202. The molecular formula is C16H27NO. The monoisotopic (exact) mass is 249 g/mol. The minimum Gasteiger partial charge on any atom is -0.469 e. The van der Waals surface area contributed by atoms with Gasteiger partial charge in [-0.15, -0.1) is 0 Å². The van der Waals surface area contributed by atoms with E-state index in [1.165, 1.54) is 31.4 Å². The predicted octanol–water partition coefficient (Wildman–Crippen LogP) is 4.19. The summed E-state index contributed by atoms with van der Waals surface area (Å²) in [6, 6.07) is 4.76. The molecular weight excluding hydrogens is 222 g/mol. The molecule has 2 nitrogen and oxygen atoms in total. The number of hydrogen-bond donors (Lipinski definition) is 1. The molecule has 1 aliphatic carbocycles. The van der Waals surface area contributed by atoms with Crippen LogP contribution in [0.15, 0.2) is 22.8 Å². The second kappa shape index (κ2) is 6.42. The molecule has 0 radical (unpaired) electrons. The number of rotatable bonds is 5. The van der Waals surface area contributed by atoms with Crippen LogP contribution >= 0.6 is 0 Å². The van der Waals surface area contributed by atoms with Crippen LogP contribution in [0.4, 0.5) is 0 Å². The fraction of sp³-hybridized carbons (Fsp3) is 0.750. The van der Waals surface area contributed by atoms with Gasteiger partial charge >= 0.3 is 0 Å². The Morgan fingerprint density at radius 2 is 2.22 bits per heavy atom. The molecule has 0 amide bonds. The molecule has 1 aromatic rings. The lowest BCUT2D eigenvalue weighted by Gasteiger charge is -2.35. The molecule has 0 bridgehead atoms. The molecule has 0 saturated heterocycles. The van der Waals surface area contributed by atoms with E-state index in [9.17, 15) is 0 Å². The Hall–Kier alpha value is -0.760. The van der Waals surface area contributed by atoms with Gasteiger partial charge in [-0.25, -0.2) is 0 Å². The fourth-order valence-electron chi connectivity index (χ4n) is 3.17. The van der Waals surface area contributed by atoms with E-state index >= 15 is 0 Å². The average Bonchev–Trinajstić information content (AvgIpc) is 2.89. The van der Waals surface area contributed by atoms with Gasteiger partial charge in [0.25, 0.3) is 0 Å². The Morgan fingerprint density at radius 3 is 2.83 bits per heavy atom. The molecule has 1 N–H and O–H groups in total. The Morgan fingerprint density at radius 1 is 1.39 bits per heavy atom. The van der Waals surface area contributed by atoms with Crippen LogP contribution in [0.3, 0.4) is 0 Å². The summed E-state index contributed by atoms with van der Waals surface area (Å²) in [7, 11) is 0. The van der Waals surface area contributed by atoms with Crippen LogP contribution in [0.5, 0.6) is 0 Å². The lowest BCUT2D eigenvalue weighted by atomic mass is 9.72. The van der Waals surface area contributed by atoms with Crippen LogP contribution in [0.2, 0.25) is 0 Å². The minimum absolute atomic E-state index is 0.575. The van der Waals surface area contributed by atoms with Gasteiger partial charge in [0.15, 0.2) is 0 Å². The van der Waals surface area contributed by atoms with Crippen molar-refractivity contribution < 1.29 is 4.42 Å². The van der Waals surface area contributed by atoms with Crippen LogP contribution in [0.25, 0.3) is 0 Å². The molecule has 3 unspecified atom stereocenters. The first-order chi connectivity index (χ1) is 8.70. The van der Waals surface area contributed by atoms with Gasteiger partial charge in [0.1, 0.15) is 5.76 Å². The van der Waals surface area contributed by atoms with Gasteiger partial charge < -0.3 is 9.73 Å². The summed E-state index contributed by atoms with van der Waals surface area (Å²) >= 11 is 0. The van der Waals surface area contributed by atoms with E-state index in [0.29, 0.717) is 12.0 Å². The smallest absolute Gasteiger partial charge is 0.107 e. The van der Waals surface area contributed by atoms with Crippen molar-refractivity contribution in [1.29, 1.82) is 0 Å². The molecule has 1 heterocycles. The topological polar surface area (TPSA) is 25.2 Å². The van der Waals surface area contributed by atoms with Crippen molar-refractivity contribution in [2.75, 3.05) is 6.54 Å². The summed E-state index contributed by atoms with van der Waals surface area (Å²) in [5.41, 5.74) is 0. The van der Waals surface area contributed by atoms with Crippen molar-refractivity contribution in [2.24, 2.45) is 11.8 Å². The highest BCUT2D eigenvalue weighted by atomic mass is 16.3. The van der Waals surface area contributed by atoms with E-state index in [4.69, 9.17) is 4.42 Å². The fourth-order valence-corrected chi connectivity index (χ4v) is 3.17. The van der Waals surface area contributed by atoms with Crippen molar-refractivity contribution in [3.8, 4) is 0 Å². The van der Waals surface area contributed by atoms with Gasteiger partial charge in [0.2, 0.25) is 0 Å². The molecule has 3 atom stereocenters. The van der Waals surface area contributed by atoms with Gasteiger partial charge in [0, 0.05) is 12.0 Å². The maximum Gasteiger partial charge on any atom is 0.107 e. The molecule has 1 fully saturated rings. The highest BCUT2D eigenvalue weighted by molar-refractivity contribution is 5.09. The van der Waals surface area contributed by atoms with Crippen molar-refractivity contribution in [1.82, 2.24) is 5.32 Å². The standard InChI is InChI=1S/C16H27NO/c1-4-13-7-8-14(11-17-12(2)3)15(10-13)16-6-5-9-18-16/h5-6,9,12-15,17H,4,7-8,10-11H2,1-3H3. The lowest BCUT2D eigenvalue weighted by Crippen LogP contribution is -2.34. The summed E-state index contributed by atoms with van der Waals surface area (Å²) in [5.74, 6) is 3.44. The average molecular weight is 249 g/mol. The first-order valence-electron chi connectivity index (χ1n) is 7.47. The summed E-state index contributed by atoms with van der Waals surface area (Å²) in [6.45, 7) is 7.88. The Labute approximate surface area is 111 Å². The van der Waals surface area contributed by atoms with Crippen molar-refractivity contribution >= 4 is 0 Å². The van der Waals surface area contributed by atoms with Gasteiger partial charge in [-0.2, -0.15) is 0 Å². The van der Waals surface area contributed by atoms with Crippen LogP contribution in [-0.2, 0) is 0 Å². The van der Waals surface area contributed by atoms with Crippen molar-refractivity contribution in [2.45, 2.75) is 58.4 Å². The Kier molecular flexibility index (Phi) is 4.87. The third-order valence-corrected chi connectivity index (χ3v) is 4.38. The normalized spacial score (nSPS) is 28.8. The Bertz CT molecular complexity index is 331. The summed E-state index contributed by atoms with van der Waals surface area (Å²) in [5, 5.41) is 3.60. The zero-order valence-corrected chi connectivity index (χ0v) is 12.0. The summed E-state index contributed by atoms with van der Waals surface area (Å²) in [6.07, 6.45) is 7.15. The molecule has 0 spiro atoms. The van der Waals surface area contributed by atoms with E-state index in [-0.39, 0.29) is 0 Å². The van der Waals surface area contributed by atoms with E-state index in [1.54, 1.807) is 0 Å². The maximum absolute atomic E-state index is 5.68. The van der Waals surface area contributed by atoms with Crippen LogP contribution in [-0.4, -0.2) is 12.6 Å². The molecule has 1 saturated carbocycles. The Balaban J connectivity index is 2.02. The highest BCUT2D eigenvalue weighted by Gasteiger charge is 2.32. The molecule has 102 valence electrons. The van der Waals surface area contributed by atoms with Crippen LogP contribution in [0, 0.1) is 11.8 Å². The summed E-state index contributed by atoms with van der Waals surface area (Å²) in [4.78, 5) is 0. The number of nitrogens with one attached hydrogen (secondary N) is 1. The van der Waals surface area contributed by atoms with Gasteiger partial charge in [-0.3, -0.25) is 0 Å². The second-order valence-electron chi connectivity index (χ2n) is 6.03. The van der Waals surface area contributed by atoms with E-state index in [2.05, 4.69) is 32.2 Å². The maximum atomic E-state index is 5.68. The van der Waals surface area contributed by atoms with Crippen molar-refractivity contribution in [3.05, 3.63) is 24.2 Å². The minimum atomic E-state index is 0.575. The zero-order chi connectivity index (χ0) is 13.0. The molecule has 1 aliphatic rings. The van der Waals surface area contributed by atoms with Gasteiger partial charge in [-0.05, 0) is 43.4 Å². The zero-order valence-electron chi connectivity index (χ0n) is 12.0. The predicted molar refractivity (Wildman–Crippen MR) is 75.7 cm³/mol. The van der Waals surface area contributed by atoms with Gasteiger partial charge in [-0.1, -0.05) is 33.6 Å². The first-order valence-corrected chi connectivity index (χ1v) is 7.47. The third-order valence-electron chi connectivity index (χ3n) is 4.38. The quantitative estimate of drug-likeness (QED) is 0.846. The van der Waals surface area contributed by atoms with Crippen LogP contribution < -0.4 is 5.32 Å². The van der Waals surface area contributed by atoms with E-state index in [0.717, 1.165) is 18.4 Å². The van der Waals surface area contributed by atoms with Crippen molar-refractivity contribution in [3.63, 3.8) is 0 Å². The molecule has 18 heavy (non-hydrogen) atoms. The summed E-state index contributed by atoms with van der Waals surface area (Å²) < 4.78 is 5.68. The van der Waals surface area contributed by atoms with E-state index in [1.807, 2.05) is 12.3 Å². The first kappa shape index (κ1) is 13.7. The molecule has 2 rings (SSSR count). The number of hydrogen-bond acceptors (Lipinski definition) is 2. The molecule has 0 aromatic carbocycles. The second-order valence-corrected chi connectivity index (χ2v) is 6.03. The highest BCUT2D eigenvalue weighted by Crippen LogP contribution is 2.41. The molecule has 1 aromatic heterocycles. The van der Waals surface area contributed by atoms with Gasteiger partial charge in [0.05, 0.1) is 6.26 Å². The number of furan rings is 1. The SMILES string of the molecule is CCC1CCC(CNC(C)C)C(c2ccco2)C1. The van der Waals surface area contributed by atoms with Crippen LogP contribution in [0.1, 0.15) is 58.1 Å². The molecule has 2 heteroatoms. The third kappa shape index (κ3) is 3.38. The molecule has 0 aliphatic heterocycles. The largest absolute Gasteiger partial charge is 0.469 e.